The van der Waals surface area contributed by atoms with Gasteiger partial charge in [-0.2, -0.15) is 5.10 Å². The average Bonchev–Trinajstić information content (AvgIpc) is 3.21. The SMILES string of the molecule is CCOC(=O)c1cc2n(n1)C[C@](C)(C(=O)NC1CCCCCCC1)N(c1ccccc1F)C2=O. The van der Waals surface area contributed by atoms with Crippen LogP contribution in [0.25, 0.3) is 0 Å². The Balaban J connectivity index is 1.72. The maximum absolute atomic E-state index is 14.9. The third kappa shape index (κ3) is 4.56. The zero-order valence-corrected chi connectivity index (χ0v) is 19.7. The van der Waals surface area contributed by atoms with Crippen LogP contribution < -0.4 is 10.2 Å². The first kappa shape index (κ1) is 23.9. The van der Waals surface area contributed by atoms with Crippen LogP contribution in [0.15, 0.2) is 30.3 Å². The molecule has 9 heteroatoms. The monoisotopic (exact) mass is 470 g/mol. The number of amides is 2. The van der Waals surface area contributed by atoms with Crippen LogP contribution in [0.3, 0.4) is 0 Å². The largest absolute Gasteiger partial charge is 0.461 e. The Morgan fingerprint density at radius 2 is 1.85 bits per heavy atom. The van der Waals surface area contributed by atoms with Crippen molar-refractivity contribution in [1.29, 1.82) is 0 Å². The highest BCUT2D eigenvalue weighted by molar-refractivity contribution is 6.12. The number of hydrogen-bond acceptors (Lipinski definition) is 5. The fourth-order valence-corrected chi connectivity index (χ4v) is 4.84. The van der Waals surface area contributed by atoms with Gasteiger partial charge in [-0.25, -0.2) is 9.18 Å². The second-order valence-corrected chi connectivity index (χ2v) is 9.17. The minimum atomic E-state index is -1.45. The number of nitrogens with zero attached hydrogens (tertiary/aromatic N) is 3. The third-order valence-corrected chi connectivity index (χ3v) is 6.66. The number of aromatic nitrogens is 2. The van der Waals surface area contributed by atoms with Crippen molar-refractivity contribution in [2.75, 3.05) is 11.5 Å². The molecule has 1 N–H and O–H groups in total. The first-order chi connectivity index (χ1) is 16.3. The Kier molecular flexibility index (Phi) is 7.00. The number of anilines is 1. The molecule has 1 atom stereocenters. The molecule has 34 heavy (non-hydrogen) atoms. The number of carbonyl (C=O) groups is 3. The molecule has 2 aromatic rings. The van der Waals surface area contributed by atoms with Gasteiger partial charge in [0, 0.05) is 12.1 Å². The Morgan fingerprint density at radius 3 is 2.53 bits per heavy atom. The number of benzene rings is 1. The Labute approximate surface area is 198 Å². The van der Waals surface area contributed by atoms with E-state index in [9.17, 15) is 18.8 Å². The van der Waals surface area contributed by atoms with Gasteiger partial charge >= 0.3 is 5.97 Å². The zero-order chi connectivity index (χ0) is 24.3. The Morgan fingerprint density at radius 1 is 1.18 bits per heavy atom. The molecule has 0 saturated heterocycles. The van der Waals surface area contributed by atoms with Crippen molar-refractivity contribution in [3.63, 3.8) is 0 Å². The summed E-state index contributed by atoms with van der Waals surface area (Å²) in [5, 5.41) is 7.37. The van der Waals surface area contributed by atoms with E-state index in [1.165, 1.54) is 40.3 Å². The number of rotatable bonds is 5. The van der Waals surface area contributed by atoms with Gasteiger partial charge in [0.05, 0.1) is 18.8 Å². The quantitative estimate of drug-likeness (QED) is 0.670. The van der Waals surface area contributed by atoms with Gasteiger partial charge in [-0.3, -0.25) is 19.2 Å². The van der Waals surface area contributed by atoms with Crippen LogP contribution in [0.2, 0.25) is 0 Å². The molecular weight excluding hydrogens is 439 g/mol. The van der Waals surface area contributed by atoms with Crippen molar-refractivity contribution in [1.82, 2.24) is 15.1 Å². The Hall–Kier alpha value is -3.23. The molecule has 1 aliphatic heterocycles. The summed E-state index contributed by atoms with van der Waals surface area (Å²) in [5.41, 5.74) is -1.37. The van der Waals surface area contributed by atoms with E-state index in [0.29, 0.717) is 0 Å². The summed E-state index contributed by atoms with van der Waals surface area (Å²) in [6.45, 7) is 3.43. The number of carbonyl (C=O) groups excluding carboxylic acids is 3. The lowest BCUT2D eigenvalue weighted by Crippen LogP contribution is -2.65. The number of fused-ring (bicyclic) bond motifs is 1. The molecule has 0 unspecified atom stereocenters. The van der Waals surface area contributed by atoms with Gasteiger partial charge in [0.15, 0.2) is 5.69 Å². The van der Waals surface area contributed by atoms with Gasteiger partial charge in [-0.15, -0.1) is 0 Å². The Bertz CT molecular complexity index is 1080. The highest BCUT2D eigenvalue weighted by Crippen LogP contribution is 2.34. The van der Waals surface area contributed by atoms with Gasteiger partial charge in [0.1, 0.15) is 17.1 Å². The van der Waals surface area contributed by atoms with Crippen LogP contribution in [-0.4, -0.2) is 45.8 Å². The summed E-state index contributed by atoms with van der Waals surface area (Å²) in [4.78, 5) is 40.8. The minimum absolute atomic E-state index is 0.00342. The molecule has 2 heterocycles. The molecule has 182 valence electrons. The minimum Gasteiger partial charge on any atom is -0.461 e. The molecule has 1 aliphatic carbocycles. The summed E-state index contributed by atoms with van der Waals surface area (Å²) in [6, 6.07) is 7.21. The van der Waals surface area contributed by atoms with E-state index in [1.807, 2.05) is 0 Å². The lowest BCUT2D eigenvalue weighted by atomic mass is 9.91. The average molecular weight is 471 g/mol. The summed E-state index contributed by atoms with van der Waals surface area (Å²) >= 11 is 0. The summed E-state index contributed by atoms with van der Waals surface area (Å²) in [5.74, 6) is -2.24. The van der Waals surface area contributed by atoms with Gasteiger partial charge < -0.3 is 10.1 Å². The molecule has 1 aromatic carbocycles. The van der Waals surface area contributed by atoms with Gasteiger partial charge in [0.2, 0.25) is 5.91 Å². The smallest absolute Gasteiger partial charge is 0.358 e. The number of esters is 1. The molecule has 8 nitrogen and oxygen atoms in total. The van der Waals surface area contributed by atoms with Gasteiger partial charge in [-0.1, -0.05) is 44.2 Å². The number of para-hydroxylation sites is 1. The second kappa shape index (κ2) is 9.95. The van der Waals surface area contributed by atoms with E-state index in [2.05, 4.69) is 10.4 Å². The van der Waals surface area contributed by atoms with Crippen molar-refractivity contribution < 1.29 is 23.5 Å². The number of halogens is 1. The van der Waals surface area contributed by atoms with E-state index in [0.717, 1.165) is 38.5 Å². The molecule has 4 rings (SSSR count). The van der Waals surface area contributed by atoms with Crippen molar-refractivity contribution in [3.05, 3.63) is 47.5 Å². The topological polar surface area (TPSA) is 93.5 Å². The third-order valence-electron chi connectivity index (χ3n) is 6.66. The predicted octanol–water partition coefficient (Wildman–Crippen LogP) is 3.85. The fraction of sp³-hybridized carbons (Fsp3) is 0.520. The highest BCUT2D eigenvalue weighted by atomic mass is 19.1. The first-order valence-electron chi connectivity index (χ1n) is 12.0. The molecule has 1 fully saturated rings. The maximum Gasteiger partial charge on any atom is 0.358 e. The van der Waals surface area contributed by atoms with Crippen molar-refractivity contribution in [2.24, 2.45) is 0 Å². The zero-order valence-electron chi connectivity index (χ0n) is 19.7. The lowest BCUT2D eigenvalue weighted by Gasteiger charge is -2.43. The molecule has 2 amide bonds. The van der Waals surface area contributed by atoms with E-state index in [-0.39, 0.29) is 42.2 Å². The lowest BCUT2D eigenvalue weighted by molar-refractivity contribution is -0.127. The molecule has 0 spiro atoms. The molecule has 2 aliphatic rings. The maximum atomic E-state index is 14.9. The number of nitrogens with one attached hydrogen (secondary N) is 1. The molecule has 1 aromatic heterocycles. The van der Waals surface area contributed by atoms with E-state index in [4.69, 9.17) is 4.74 Å². The van der Waals surface area contributed by atoms with E-state index in [1.54, 1.807) is 19.9 Å². The normalized spacial score (nSPS) is 21.4. The van der Waals surface area contributed by atoms with Crippen molar-refractivity contribution >= 4 is 23.5 Å². The van der Waals surface area contributed by atoms with Crippen molar-refractivity contribution in [2.45, 2.75) is 76.9 Å². The fourth-order valence-electron chi connectivity index (χ4n) is 4.84. The molecule has 0 radical (unpaired) electrons. The van der Waals surface area contributed by atoms with Crippen LogP contribution in [0.1, 0.15) is 79.8 Å². The van der Waals surface area contributed by atoms with Crippen LogP contribution >= 0.6 is 0 Å². The first-order valence-corrected chi connectivity index (χ1v) is 12.0. The van der Waals surface area contributed by atoms with Crippen molar-refractivity contribution in [3.8, 4) is 0 Å². The van der Waals surface area contributed by atoms with Crippen LogP contribution in [0.5, 0.6) is 0 Å². The van der Waals surface area contributed by atoms with Crippen LogP contribution in [-0.2, 0) is 16.1 Å². The molecule has 0 bridgehead atoms. The second-order valence-electron chi connectivity index (χ2n) is 9.17. The summed E-state index contributed by atoms with van der Waals surface area (Å²) in [7, 11) is 0. The standard InChI is InChI=1S/C25H31FN4O4/c1-3-34-23(32)19-15-21-22(31)30(20-14-10-9-13-18(20)26)25(2,16-29(21)28-19)24(33)27-17-11-7-5-4-6-8-12-17/h9-10,13-15,17H,3-8,11-12,16H2,1-2H3,(H,27,33)/t25-/m1/s1. The number of ether oxygens (including phenoxy) is 1. The van der Waals surface area contributed by atoms with E-state index >= 15 is 0 Å². The molecular formula is C25H31FN4O4. The summed E-state index contributed by atoms with van der Waals surface area (Å²) in [6.07, 6.45) is 7.28. The predicted molar refractivity (Wildman–Crippen MR) is 124 cm³/mol. The highest BCUT2D eigenvalue weighted by Gasteiger charge is 2.50. The van der Waals surface area contributed by atoms with E-state index < -0.39 is 23.2 Å². The van der Waals surface area contributed by atoms with Gasteiger partial charge in [-0.05, 0) is 38.8 Å². The van der Waals surface area contributed by atoms with Crippen LogP contribution in [0, 0.1) is 5.82 Å². The molecule has 1 saturated carbocycles. The van der Waals surface area contributed by atoms with Gasteiger partial charge in [0.25, 0.3) is 5.91 Å². The number of hydrogen-bond donors (Lipinski definition) is 1. The summed E-state index contributed by atoms with van der Waals surface area (Å²) < 4.78 is 21.3. The van der Waals surface area contributed by atoms with Crippen LogP contribution in [0.4, 0.5) is 10.1 Å².